The van der Waals surface area contributed by atoms with E-state index in [-0.39, 0.29) is 23.4 Å². The van der Waals surface area contributed by atoms with Gasteiger partial charge in [-0.3, -0.25) is 13.9 Å². The highest BCUT2D eigenvalue weighted by Crippen LogP contribution is 2.30. The molecule has 0 aliphatic heterocycles. The lowest BCUT2D eigenvalue weighted by molar-refractivity contribution is -0.139. The van der Waals surface area contributed by atoms with Gasteiger partial charge in [0.25, 0.3) is 10.0 Å². The van der Waals surface area contributed by atoms with Crippen molar-refractivity contribution in [1.29, 1.82) is 0 Å². The summed E-state index contributed by atoms with van der Waals surface area (Å²) in [5, 5.41) is 3.59. The van der Waals surface area contributed by atoms with Gasteiger partial charge in [0.05, 0.1) is 10.6 Å². The second-order valence-corrected chi connectivity index (χ2v) is 12.9. The molecule has 0 aromatic heterocycles. The number of anilines is 1. The predicted octanol–water partition coefficient (Wildman–Crippen LogP) is 6.45. The molecule has 0 spiro atoms. The number of nitrogens with one attached hydrogen (secondary N) is 1. The van der Waals surface area contributed by atoms with E-state index < -0.39 is 28.5 Å². The van der Waals surface area contributed by atoms with Gasteiger partial charge in [0.15, 0.2) is 0 Å². The van der Waals surface area contributed by atoms with Gasteiger partial charge in [-0.05, 0) is 82.5 Å². The van der Waals surface area contributed by atoms with Gasteiger partial charge in [-0.2, -0.15) is 0 Å². The molecule has 0 aliphatic carbocycles. The topological polar surface area (TPSA) is 86.8 Å². The number of hydrogen-bond donors (Lipinski definition) is 1. The van der Waals surface area contributed by atoms with E-state index in [1.807, 2.05) is 40.7 Å². The van der Waals surface area contributed by atoms with Crippen molar-refractivity contribution in [3.8, 4) is 0 Å². The monoisotopic (exact) mass is 617 g/mol. The molecule has 0 bridgehead atoms. The molecule has 10 heteroatoms. The molecule has 41 heavy (non-hydrogen) atoms. The van der Waals surface area contributed by atoms with Crippen molar-refractivity contribution in [2.45, 2.75) is 71.5 Å². The van der Waals surface area contributed by atoms with Crippen LogP contribution >= 0.6 is 23.2 Å². The van der Waals surface area contributed by atoms with Gasteiger partial charge in [0, 0.05) is 28.2 Å². The number of aryl methyl sites for hydroxylation is 2. The predicted molar refractivity (Wildman–Crippen MR) is 166 cm³/mol. The van der Waals surface area contributed by atoms with Gasteiger partial charge in [-0.25, -0.2) is 8.42 Å². The standard InChI is InChI=1S/C31H37Cl2N3O4S/c1-7-22(4)34-31(38)24(6)35(18-26-27(32)11-9-12-28(26)33)30(37)19-36(29-13-8-10-21(3)23(29)5)41(39,40)25-16-14-20(2)15-17-25/h8-17,22,24H,7,18-19H2,1-6H3,(H,34,38)/t22-,24-/m1/s1. The maximum Gasteiger partial charge on any atom is 0.264 e. The first kappa shape index (κ1) is 32.4. The van der Waals surface area contributed by atoms with E-state index in [9.17, 15) is 18.0 Å². The quantitative estimate of drug-likeness (QED) is 0.268. The summed E-state index contributed by atoms with van der Waals surface area (Å²) >= 11 is 12.9. The van der Waals surface area contributed by atoms with E-state index in [1.54, 1.807) is 49.4 Å². The van der Waals surface area contributed by atoms with E-state index in [4.69, 9.17) is 23.2 Å². The molecule has 2 atom stereocenters. The fourth-order valence-electron chi connectivity index (χ4n) is 4.26. The van der Waals surface area contributed by atoms with Gasteiger partial charge >= 0.3 is 0 Å². The van der Waals surface area contributed by atoms with E-state index in [2.05, 4.69) is 5.32 Å². The molecule has 0 unspecified atom stereocenters. The highest BCUT2D eigenvalue weighted by molar-refractivity contribution is 7.92. The summed E-state index contributed by atoms with van der Waals surface area (Å²) in [6.45, 7) is 10.4. The largest absolute Gasteiger partial charge is 0.352 e. The van der Waals surface area contributed by atoms with Crippen molar-refractivity contribution < 1.29 is 18.0 Å². The molecule has 1 N–H and O–H groups in total. The van der Waals surface area contributed by atoms with Crippen LogP contribution in [0.2, 0.25) is 10.0 Å². The third-order valence-electron chi connectivity index (χ3n) is 7.29. The lowest BCUT2D eigenvalue weighted by atomic mass is 10.1. The zero-order chi connectivity index (χ0) is 30.5. The lowest BCUT2D eigenvalue weighted by Crippen LogP contribution is -2.52. The van der Waals surface area contributed by atoms with Gasteiger partial charge in [0.1, 0.15) is 12.6 Å². The van der Waals surface area contributed by atoms with E-state index in [0.717, 1.165) is 21.0 Å². The molecule has 0 saturated heterocycles. The Morgan fingerprint density at radius 2 is 1.49 bits per heavy atom. The average Bonchev–Trinajstić information content (AvgIpc) is 2.93. The van der Waals surface area contributed by atoms with Crippen molar-refractivity contribution in [1.82, 2.24) is 10.2 Å². The first-order valence-electron chi connectivity index (χ1n) is 13.5. The molecule has 2 amide bonds. The van der Waals surface area contributed by atoms with Crippen LogP contribution in [0.25, 0.3) is 0 Å². The van der Waals surface area contributed by atoms with Crippen LogP contribution in [0.4, 0.5) is 5.69 Å². The number of halogens is 2. The molecule has 0 heterocycles. The Morgan fingerprint density at radius 1 is 0.902 bits per heavy atom. The van der Waals surface area contributed by atoms with Gasteiger partial charge in [-0.15, -0.1) is 0 Å². The molecule has 220 valence electrons. The van der Waals surface area contributed by atoms with Crippen LogP contribution in [0, 0.1) is 20.8 Å². The fraction of sp³-hybridized carbons (Fsp3) is 0.355. The van der Waals surface area contributed by atoms with Crippen LogP contribution in [0.1, 0.15) is 49.4 Å². The Morgan fingerprint density at radius 3 is 2.07 bits per heavy atom. The number of benzene rings is 3. The molecule has 0 saturated carbocycles. The molecule has 3 rings (SSSR count). The maximum atomic E-state index is 14.1. The van der Waals surface area contributed by atoms with Gasteiger partial charge < -0.3 is 10.2 Å². The number of nitrogens with zero attached hydrogens (tertiary/aromatic N) is 2. The van der Waals surface area contributed by atoms with Gasteiger partial charge in [0.2, 0.25) is 11.8 Å². The molecular weight excluding hydrogens is 581 g/mol. The first-order valence-corrected chi connectivity index (χ1v) is 15.7. The number of sulfonamides is 1. The normalized spacial score (nSPS) is 12.9. The second kappa shape index (κ2) is 13.7. The Bertz CT molecular complexity index is 1490. The minimum absolute atomic E-state index is 0.0556. The lowest BCUT2D eigenvalue weighted by Gasteiger charge is -2.33. The van der Waals surface area contributed by atoms with Crippen molar-refractivity contribution >= 4 is 50.7 Å². The Kier molecular flexibility index (Phi) is 10.9. The fourth-order valence-corrected chi connectivity index (χ4v) is 6.25. The summed E-state index contributed by atoms with van der Waals surface area (Å²) in [5.41, 5.74) is 3.35. The minimum atomic E-state index is -4.16. The third kappa shape index (κ3) is 7.61. The van der Waals surface area contributed by atoms with Crippen LogP contribution < -0.4 is 9.62 Å². The molecular formula is C31H37Cl2N3O4S. The zero-order valence-electron chi connectivity index (χ0n) is 24.2. The highest BCUT2D eigenvalue weighted by atomic mass is 35.5. The summed E-state index contributed by atoms with van der Waals surface area (Å²) < 4.78 is 29.2. The number of amides is 2. The van der Waals surface area contributed by atoms with Crippen molar-refractivity contribution in [2.75, 3.05) is 10.8 Å². The number of carbonyl (C=O) groups excluding carboxylic acids is 2. The summed E-state index contributed by atoms with van der Waals surface area (Å²) in [4.78, 5) is 28.7. The molecule has 0 radical (unpaired) electrons. The number of rotatable bonds is 11. The van der Waals surface area contributed by atoms with Crippen molar-refractivity contribution in [3.63, 3.8) is 0 Å². The second-order valence-electron chi connectivity index (χ2n) is 10.3. The Balaban J connectivity index is 2.11. The van der Waals surface area contributed by atoms with Crippen LogP contribution in [-0.2, 0) is 26.2 Å². The number of carbonyl (C=O) groups is 2. The van der Waals surface area contributed by atoms with Crippen LogP contribution in [0.5, 0.6) is 0 Å². The van der Waals surface area contributed by atoms with Gasteiger partial charge in [-0.1, -0.05) is 66.0 Å². The maximum absolute atomic E-state index is 14.1. The SMILES string of the molecule is CC[C@@H](C)NC(=O)[C@@H](C)N(Cc1c(Cl)cccc1Cl)C(=O)CN(c1cccc(C)c1C)S(=O)(=O)c1ccc(C)cc1. The highest BCUT2D eigenvalue weighted by Gasteiger charge is 2.34. The molecule has 3 aromatic rings. The van der Waals surface area contributed by atoms with E-state index in [0.29, 0.717) is 27.7 Å². The third-order valence-corrected chi connectivity index (χ3v) is 9.77. The molecule has 7 nitrogen and oxygen atoms in total. The molecule has 0 aliphatic rings. The van der Waals surface area contributed by atoms with E-state index >= 15 is 0 Å². The summed E-state index contributed by atoms with van der Waals surface area (Å²) in [7, 11) is -4.16. The summed E-state index contributed by atoms with van der Waals surface area (Å²) in [6.07, 6.45) is 0.706. The summed E-state index contributed by atoms with van der Waals surface area (Å²) in [6, 6.07) is 15.7. The van der Waals surface area contributed by atoms with E-state index in [1.165, 1.54) is 17.0 Å². The summed E-state index contributed by atoms with van der Waals surface area (Å²) in [5.74, 6) is -0.945. The van der Waals surface area contributed by atoms with Crippen LogP contribution in [0.15, 0.2) is 65.6 Å². The smallest absolute Gasteiger partial charge is 0.264 e. The Hall–Kier alpha value is -3.07. The molecule has 0 fully saturated rings. The Labute approximate surface area is 253 Å². The minimum Gasteiger partial charge on any atom is -0.352 e. The van der Waals surface area contributed by atoms with Crippen LogP contribution in [-0.4, -0.2) is 43.8 Å². The number of hydrogen-bond acceptors (Lipinski definition) is 4. The van der Waals surface area contributed by atoms with Crippen molar-refractivity contribution in [3.05, 3.63) is 93.0 Å². The first-order chi connectivity index (χ1) is 19.3. The van der Waals surface area contributed by atoms with Crippen LogP contribution in [0.3, 0.4) is 0 Å². The zero-order valence-corrected chi connectivity index (χ0v) is 26.6. The van der Waals surface area contributed by atoms with Crippen molar-refractivity contribution in [2.24, 2.45) is 0 Å². The average molecular weight is 619 g/mol. The molecule has 3 aromatic carbocycles.